The van der Waals surface area contributed by atoms with Crippen LogP contribution in [0.4, 0.5) is 0 Å². The van der Waals surface area contributed by atoms with E-state index in [1.165, 1.54) is 6.26 Å². The zero-order chi connectivity index (χ0) is 15.4. The minimum Gasteiger partial charge on any atom is -0.385 e. The molecular weight excluding hydrogens is 405 g/mol. The molecule has 0 bridgehead atoms. The Morgan fingerprint density at radius 2 is 1.95 bits per heavy atom. The minimum atomic E-state index is -2.90. The number of halogens is 1. The molecule has 128 valence electrons. The Morgan fingerprint density at radius 1 is 1.29 bits per heavy atom. The number of unbranched alkanes of at least 4 members (excludes halogenated alkanes) is 2. The van der Waals surface area contributed by atoms with E-state index < -0.39 is 9.84 Å². The molecule has 0 saturated carbocycles. The van der Waals surface area contributed by atoms with Crippen molar-refractivity contribution in [1.29, 1.82) is 0 Å². The van der Waals surface area contributed by atoms with E-state index in [1.54, 1.807) is 14.2 Å². The normalized spacial score (nSPS) is 13.4. The zero-order valence-electron chi connectivity index (χ0n) is 13.5. The Kier molecular flexibility index (Phi) is 15.0. The molecule has 0 aromatic carbocycles. The van der Waals surface area contributed by atoms with Crippen LogP contribution in [-0.4, -0.2) is 59.7 Å². The Morgan fingerprint density at radius 3 is 2.48 bits per heavy atom. The van der Waals surface area contributed by atoms with E-state index in [4.69, 9.17) is 4.74 Å². The molecule has 2 N–H and O–H groups in total. The maximum Gasteiger partial charge on any atom is 0.191 e. The fraction of sp³-hybridized carbons (Fsp3) is 0.923. The van der Waals surface area contributed by atoms with Gasteiger partial charge in [0.15, 0.2) is 5.96 Å². The Balaban J connectivity index is 0. The topological polar surface area (TPSA) is 79.8 Å². The van der Waals surface area contributed by atoms with Crippen LogP contribution in [0.1, 0.15) is 32.6 Å². The molecule has 0 aliphatic heterocycles. The zero-order valence-corrected chi connectivity index (χ0v) is 16.7. The van der Waals surface area contributed by atoms with Crippen molar-refractivity contribution in [3.8, 4) is 0 Å². The molecule has 0 aliphatic rings. The van der Waals surface area contributed by atoms with Crippen molar-refractivity contribution in [3.63, 3.8) is 0 Å². The van der Waals surface area contributed by atoms with E-state index in [2.05, 4.69) is 15.6 Å². The third kappa shape index (κ3) is 16.1. The van der Waals surface area contributed by atoms with E-state index in [9.17, 15) is 8.42 Å². The predicted octanol–water partition coefficient (Wildman–Crippen LogP) is 1.41. The van der Waals surface area contributed by atoms with Crippen molar-refractivity contribution in [2.24, 2.45) is 4.99 Å². The number of hydrogen-bond donors (Lipinski definition) is 2. The first-order valence-electron chi connectivity index (χ1n) is 7.03. The van der Waals surface area contributed by atoms with Gasteiger partial charge < -0.3 is 15.4 Å². The van der Waals surface area contributed by atoms with Crippen molar-refractivity contribution < 1.29 is 13.2 Å². The lowest BCUT2D eigenvalue weighted by Gasteiger charge is -2.17. The van der Waals surface area contributed by atoms with Gasteiger partial charge in [0.1, 0.15) is 9.84 Å². The fourth-order valence-electron chi connectivity index (χ4n) is 1.65. The first-order valence-corrected chi connectivity index (χ1v) is 9.09. The summed E-state index contributed by atoms with van der Waals surface area (Å²) >= 11 is 0. The summed E-state index contributed by atoms with van der Waals surface area (Å²) in [4.78, 5) is 4.13. The average molecular weight is 435 g/mol. The highest BCUT2D eigenvalue weighted by Crippen LogP contribution is 1.96. The van der Waals surface area contributed by atoms with E-state index in [0.717, 1.165) is 38.4 Å². The number of rotatable bonds is 10. The van der Waals surface area contributed by atoms with Crippen LogP contribution in [0.5, 0.6) is 0 Å². The third-order valence-corrected chi connectivity index (χ3v) is 3.82. The highest BCUT2D eigenvalue weighted by Gasteiger charge is 2.09. The van der Waals surface area contributed by atoms with E-state index in [-0.39, 0.29) is 35.8 Å². The molecule has 8 heteroatoms. The summed E-state index contributed by atoms with van der Waals surface area (Å²) < 4.78 is 27.2. The SMILES string of the molecule is CN=C(NCCCCCOC)NC(C)CCS(C)(=O)=O.I. The molecule has 1 unspecified atom stereocenters. The van der Waals surface area contributed by atoms with Crippen molar-refractivity contribution in [3.05, 3.63) is 0 Å². The van der Waals surface area contributed by atoms with Gasteiger partial charge in [-0.05, 0) is 32.6 Å². The summed E-state index contributed by atoms with van der Waals surface area (Å²) in [6.45, 7) is 3.61. The summed E-state index contributed by atoms with van der Waals surface area (Å²) in [5, 5.41) is 6.41. The highest BCUT2D eigenvalue weighted by atomic mass is 127. The van der Waals surface area contributed by atoms with Gasteiger partial charge in [0, 0.05) is 39.6 Å². The van der Waals surface area contributed by atoms with E-state index in [0.29, 0.717) is 6.42 Å². The van der Waals surface area contributed by atoms with Gasteiger partial charge in [0.25, 0.3) is 0 Å². The lowest BCUT2D eigenvalue weighted by molar-refractivity contribution is 0.192. The second kappa shape index (κ2) is 13.6. The molecule has 21 heavy (non-hydrogen) atoms. The minimum absolute atomic E-state index is 0. The largest absolute Gasteiger partial charge is 0.385 e. The molecule has 0 spiro atoms. The standard InChI is InChI=1S/C13H29N3O3S.HI/c1-12(8-11-20(4,17)18)16-13(14-2)15-9-6-5-7-10-19-3;/h12H,5-11H2,1-4H3,(H2,14,15,16);1H. The first-order chi connectivity index (χ1) is 9.39. The predicted molar refractivity (Wildman–Crippen MR) is 99.4 cm³/mol. The molecule has 1 atom stereocenters. The third-order valence-electron chi connectivity index (χ3n) is 2.85. The summed E-state index contributed by atoms with van der Waals surface area (Å²) in [5.74, 6) is 0.910. The smallest absolute Gasteiger partial charge is 0.191 e. The van der Waals surface area contributed by atoms with Crippen molar-refractivity contribution in [2.75, 3.05) is 39.3 Å². The lowest BCUT2D eigenvalue weighted by atomic mass is 10.2. The van der Waals surface area contributed by atoms with Crippen LogP contribution >= 0.6 is 24.0 Å². The van der Waals surface area contributed by atoms with E-state index in [1.807, 2.05) is 6.92 Å². The molecule has 0 aromatic rings. The molecule has 0 fully saturated rings. The van der Waals surface area contributed by atoms with Gasteiger partial charge in [0.2, 0.25) is 0 Å². The van der Waals surface area contributed by atoms with E-state index >= 15 is 0 Å². The molecule has 0 aliphatic carbocycles. The van der Waals surface area contributed by atoms with Gasteiger partial charge >= 0.3 is 0 Å². The summed E-state index contributed by atoms with van der Waals surface area (Å²) in [6, 6.07) is 0.0735. The molecule has 0 radical (unpaired) electrons. The molecule has 0 saturated heterocycles. The summed E-state index contributed by atoms with van der Waals surface area (Å²) in [5.41, 5.74) is 0. The monoisotopic (exact) mass is 435 g/mol. The molecule has 6 nitrogen and oxygen atoms in total. The maximum atomic E-state index is 11.1. The van der Waals surface area contributed by atoms with Gasteiger partial charge in [-0.15, -0.1) is 24.0 Å². The van der Waals surface area contributed by atoms with Gasteiger partial charge in [-0.1, -0.05) is 0 Å². The molecule has 0 amide bonds. The Hall–Kier alpha value is -0.0900. The van der Waals surface area contributed by atoms with Gasteiger partial charge in [-0.3, -0.25) is 4.99 Å². The van der Waals surface area contributed by atoms with Crippen molar-refractivity contribution in [2.45, 2.75) is 38.6 Å². The number of ether oxygens (including phenoxy) is 1. The van der Waals surface area contributed by atoms with Crippen molar-refractivity contribution >= 4 is 39.8 Å². The summed E-state index contributed by atoms with van der Waals surface area (Å²) in [7, 11) is 0.518. The van der Waals surface area contributed by atoms with Crippen LogP contribution in [-0.2, 0) is 14.6 Å². The van der Waals surface area contributed by atoms with Gasteiger partial charge in [-0.2, -0.15) is 0 Å². The molecular formula is C13H30IN3O3S. The quantitative estimate of drug-likeness (QED) is 0.235. The van der Waals surface area contributed by atoms with Crippen LogP contribution in [0.2, 0.25) is 0 Å². The van der Waals surface area contributed by atoms with Crippen molar-refractivity contribution in [1.82, 2.24) is 10.6 Å². The number of guanidine groups is 1. The molecule has 0 heterocycles. The Labute approximate surface area is 146 Å². The highest BCUT2D eigenvalue weighted by molar-refractivity contribution is 14.0. The number of methoxy groups -OCH3 is 1. The number of aliphatic imine (C=N–C) groups is 1. The average Bonchev–Trinajstić information content (AvgIpc) is 2.38. The number of hydrogen-bond acceptors (Lipinski definition) is 4. The summed E-state index contributed by atoms with van der Waals surface area (Å²) in [6.07, 6.45) is 5.07. The van der Waals surface area contributed by atoms with Gasteiger partial charge in [0.05, 0.1) is 5.75 Å². The molecule has 0 aromatic heterocycles. The molecule has 0 rings (SSSR count). The van der Waals surface area contributed by atoms with Crippen LogP contribution in [0.15, 0.2) is 4.99 Å². The second-order valence-electron chi connectivity index (χ2n) is 5.02. The first kappa shape index (κ1) is 23.2. The number of sulfone groups is 1. The van der Waals surface area contributed by atoms with Crippen LogP contribution in [0.3, 0.4) is 0 Å². The fourth-order valence-corrected chi connectivity index (χ4v) is 2.43. The van der Waals surface area contributed by atoms with Gasteiger partial charge in [-0.25, -0.2) is 8.42 Å². The second-order valence-corrected chi connectivity index (χ2v) is 7.28. The van der Waals surface area contributed by atoms with Crippen LogP contribution in [0.25, 0.3) is 0 Å². The Bertz CT molecular complexity index is 375. The van der Waals surface area contributed by atoms with Crippen LogP contribution in [0, 0.1) is 0 Å². The lowest BCUT2D eigenvalue weighted by Crippen LogP contribution is -2.43. The van der Waals surface area contributed by atoms with Crippen LogP contribution < -0.4 is 10.6 Å². The number of nitrogens with one attached hydrogen (secondary N) is 2. The number of nitrogens with zero attached hydrogens (tertiary/aromatic N) is 1. The maximum absolute atomic E-state index is 11.1.